The van der Waals surface area contributed by atoms with Crippen LogP contribution in [-0.2, 0) is 13.0 Å². The summed E-state index contributed by atoms with van der Waals surface area (Å²) in [5.41, 5.74) is 2.70. The lowest BCUT2D eigenvalue weighted by Gasteiger charge is -2.08. The average molecular weight is 389 g/mol. The van der Waals surface area contributed by atoms with Gasteiger partial charge in [-0.25, -0.2) is 0 Å². The highest BCUT2D eigenvalue weighted by atomic mass is 16.5. The number of ether oxygens (including phenoxy) is 1. The smallest absolute Gasteiger partial charge is 0.269 e. The summed E-state index contributed by atoms with van der Waals surface area (Å²) in [6, 6.07) is 20.4. The van der Waals surface area contributed by atoms with Gasteiger partial charge in [0.1, 0.15) is 11.4 Å². The van der Waals surface area contributed by atoms with Crippen LogP contribution in [0.4, 0.5) is 0 Å². The number of benzene rings is 2. The van der Waals surface area contributed by atoms with Crippen molar-refractivity contribution in [2.24, 2.45) is 0 Å². The summed E-state index contributed by atoms with van der Waals surface area (Å²) in [7, 11) is 1.61. The lowest BCUT2D eigenvalue weighted by molar-refractivity contribution is 0.0949. The van der Waals surface area contributed by atoms with Crippen molar-refractivity contribution in [2.75, 3.05) is 13.7 Å². The Morgan fingerprint density at radius 3 is 2.38 bits per heavy atom. The van der Waals surface area contributed by atoms with Crippen molar-refractivity contribution in [3.63, 3.8) is 0 Å². The highest BCUT2D eigenvalue weighted by Crippen LogP contribution is 2.11. The molecule has 6 nitrogen and oxygen atoms in total. The number of pyridine rings is 1. The molecule has 0 unspecified atom stereocenters. The number of nitrogens with zero attached hydrogens (tertiary/aromatic N) is 1. The van der Waals surface area contributed by atoms with Crippen molar-refractivity contribution in [3.8, 4) is 5.75 Å². The second kappa shape index (κ2) is 10.0. The number of nitrogens with one attached hydrogen (secondary N) is 2. The van der Waals surface area contributed by atoms with Gasteiger partial charge in [-0.15, -0.1) is 0 Å². The van der Waals surface area contributed by atoms with Crippen LogP contribution < -0.4 is 15.4 Å². The Hall–Kier alpha value is -3.67. The molecule has 1 heterocycles. The standard InChI is InChI=1S/C23H23N3O3/c1-29-20-9-7-18(8-10-20)16-26-22(27)19-12-14-24-21(15-19)23(28)25-13-11-17-5-3-2-4-6-17/h2-10,12,14-15H,11,13,16H2,1H3,(H,25,28)(H,26,27). The van der Waals surface area contributed by atoms with E-state index in [4.69, 9.17) is 4.74 Å². The third-order valence-corrected chi connectivity index (χ3v) is 4.41. The van der Waals surface area contributed by atoms with Gasteiger partial charge in [0.25, 0.3) is 11.8 Å². The second-order valence-corrected chi connectivity index (χ2v) is 6.45. The van der Waals surface area contributed by atoms with Crippen molar-refractivity contribution in [2.45, 2.75) is 13.0 Å². The van der Waals surface area contributed by atoms with Crippen LogP contribution in [0.3, 0.4) is 0 Å². The number of hydrogen-bond acceptors (Lipinski definition) is 4. The maximum Gasteiger partial charge on any atom is 0.269 e. The van der Waals surface area contributed by atoms with Crippen LogP contribution in [0.1, 0.15) is 32.0 Å². The molecule has 0 fully saturated rings. The van der Waals surface area contributed by atoms with Crippen molar-refractivity contribution >= 4 is 11.8 Å². The van der Waals surface area contributed by atoms with Crippen LogP contribution in [0.2, 0.25) is 0 Å². The van der Waals surface area contributed by atoms with Gasteiger partial charge in [0.2, 0.25) is 0 Å². The zero-order valence-electron chi connectivity index (χ0n) is 16.2. The summed E-state index contributed by atoms with van der Waals surface area (Å²) in [6.45, 7) is 0.877. The van der Waals surface area contributed by atoms with Gasteiger partial charge in [-0.3, -0.25) is 14.6 Å². The Kier molecular flexibility index (Phi) is 6.95. The van der Waals surface area contributed by atoms with Crippen LogP contribution >= 0.6 is 0 Å². The molecule has 0 bridgehead atoms. The second-order valence-electron chi connectivity index (χ2n) is 6.45. The zero-order chi connectivity index (χ0) is 20.5. The van der Waals surface area contributed by atoms with E-state index in [0.29, 0.717) is 18.7 Å². The average Bonchev–Trinajstić information content (AvgIpc) is 2.78. The van der Waals surface area contributed by atoms with E-state index < -0.39 is 0 Å². The van der Waals surface area contributed by atoms with Gasteiger partial charge in [0.05, 0.1) is 7.11 Å². The van der Waals surface area contributed by atoms with Gasteiger partial charge in [-0.05, 0) is 41.8 Å². The van der Waals surface area contributed by atoms with Gasteiger partial charge in [0.15, 0.2) is 0 Å². The summed E-state index contributed by atoms with van der Waals surface area (Å²) in [4.78, 5) is 28.8. The van der Waals surface area contributed by atoms with E-state index in [9.17, 15) is 9.59 Å². The van der Waals surface area contributed by atoms with E-state index in [0.717, 1.165) is 23.3 Å². The molecule has 0 saturated heterocycles. The normalized spacial score (nSPS) is 10.2. The van der Waals surface area contributed by atoms with Crippen LogP contribution in [0.25, 0.3) is 0 Å². The zero-order valence-corrected chi connectivity index (χ0v) is 16.2. The quantitative estimate of drug-likeness (QED) is 0.621. The molecule has 6 heteroatoms. The molecule has 2 amide bonds. The lowest BCUT2D eigenvalue weighted by atomic mass is 10.1. The molecule has 148 valence electrons. The van der Waals surface area contributed by atoms with E-state index in [-0.39, 0.29) is 17.5 Å². The number of carbonyl (C=O) groups excluding carboxylic acids is 2. The topological polar surface area (TPSA) is 80.3 Å². The fourth-order valence-corrected chi connectivity index (χ4v) is 2.78. The SMILES string of the molecule is COc1ccc(CNC(=O)c2ccnc(C(=O)NCCc3ccccc3)c2)cc1. The van der Waals surface area contributed by atoms with E-state index in [1.165, 1.54) is 12.3 Å². The number of carbonyl (C=O) groups is 2. The monoisotopic (exact) mass is 389 g/mol. The molecule has 0 aliphatic rings. The minimum absolute atomic E-state index is 0.218. The highest BCUT2D eigenvalue weighted by molar-refractivity contribution is 5.98. The van der Waals surface area contributed by atoms with Crippen LogP contribution in [0.15, 0.2) is 72.9 Å². The van der Waals surface area contributed by atoms with Crippen LogP contribution in [0.5, 0.6) is 5.75 Å². The van der Waals surface area contributed by atoms with E-state index in [1.807, 2.05) is 54.6 Å². The number of aromatic nitrogens is 1. The highest BCUT2D eigenvalue weighted by Gasteiger charge is 2.11. The first-order valence-corrected chi connectivity index (χ1v) is 9.35. The minimum Gasteiger partial charge on any atom is -0.497 e. The predicted octanol–water partition coefficient (Wildman–Crippen LogP) is 2.99. The van der Waals surface area contributed by atoms with Crippen LogP contribution in [-0.4, -0.2) is 30.5 Å². The Labute approximate surface area is 169 Å². The maximum atomic E-state index is 12.4. The molecule has 29 heavy (non-hydrogen) atoms. The summed E-state index contributed by atoms with van der Waals surface area (Å²) in [6.07, 6.45) is 2.20. The Bertz CT molecular complexity index is 957. The molecule has 0 saturated carbocycles. The molecular formula is C23H23N3O3. The first kappa shape index (κ1) is 20.1. The van der Waals surface area contributed by atoms with E-state index in [1.54, 1.807) is 13.2 Å². The fourth-order valence-electron chi connectivity index (χ4n) is 2.78. The van der Waals surface area contributed by atoms with E-state index in [2.05, 4.69) is 15.6 Å². The Morgan fingerprint density at radius 2 is 1.66 bits per heavy atom. The summed E-state index contributed by atoms with van der Waals surface area (Å²) >= 11 is 0. The molecule has 2 N–H and O–H groups in total. The number of rotatable bonds is 8. The first-order chi connectivity index (χ1) is 14.2. The lowest BCUT2D eigenvalue weighted by Crippen LogP contribution is -2.27. The molecule has 0 aliphatic heterocycles. The Balaban J connectivity index is 1.53. The summed E-state index contributed by atoms with van der Waals surface area (Å²) in [5.74, 6) is 0.199. The molecule has 3 rings (SSSR count). The number of amides is 2. The van der Waals surface area contributed by atoms with Gasteiger partial charge in [0, 0.05) is 24.8 Å². The molecule has 2 aromatic carbocycles. The largest absolute Gasteiger partial charge is 0.497 e. The molecule has 0 atom stereocenters. The Morgan fingerprint density at radius 1 is 0.897 bits per heavy atom. The summed E-state index contributed by atoms with van der Waals surface area (Å²) < 4.78 is 5.12. The van der Waals surface area contributed by atoms with E-state index >= 15 is 0 Å². The number of hydrogen-bond donors (Lipinski definition) is 2. The molecular weight excluding hydrogens is 366 g/mol. The number of methoxy groups -OCH3 is 1. The van der Waals surface area contributed by atoms with Crippen molar-refractivity contribution in [1.29, 1.82) is 0 Å². The molecule has 0 radical (unpaired) electrons. The third kappa shape index (κ3) is 5.90. The molecule has 3 aromatic rings. The first-order valence-electron chi connectivity index (χ1n) is 9.35. The van der Waals surface area contributed by atoms with Gasteiger partial charge in [-0.2, -0.15) is 0 Å². The fraction of sp³-hybridized carbons (Fsp3) is 0.174. The predicted molar refractivity (Wildman–Crippen MR) is 111 cm³/mol. The van der Waals surface area contributed by atoms with Gasteiger partial charge in [-0.1, -0.05) is 42.5 Å². The third-order valence-electron chi connectivity index (χ3n) is 4.41. The van der Waals surface area contributed by atoms with Crippen LogP contribution in [0, 0.1) is 0 Å². The molecule has 0 spiro atoms. The van der Waals surface area contributed by atoms with Crippen molar-refractivity contribution in [1.82, 2.24) is 15.6 Å². The summed E-state index contributed by atoms with van der Waals surface area (Å²) in [5, 5.41) is 5.68. The van der Waals surface area contributed by atoms with Gasteiger partial charge >= 0.3 is 0 Å². The maximum absolute atomic E-state index is 12.4. The molecule has 0 aliphatic carbocycles. The van der Waals surface area contributed by atoms with Gasteiger partial charge < -0.3 is 15.4 Å². The molecule has 1 aromatic heterocycles. The van der Waals surface area contributed by atoms with Crippen molar-refractivity contribution < 1.29 is 14.3 Å². The minimum atomic E-state index is -0.300. The van der Waals surface area contributed by atoms with Crippen molar-refractivity contribution in [3.05, 3.63) is 95.3 Å².